The van der Waals surface area contributed by atoms with Crippen LogP contribution in [0, 0.1) is 10.1 Å². The number of rotatable bonds is 5. The van der Waals surface area contributed by atoms with Crippen LogP contribution in [0.4, 0.5) is 5.69 Å². The number of non-ortho nitro benzene ring substituents is 1. The molecule has 0 aliphatic heterocycles. The minimum atomic E-state index is -0.881. The number of pyridine rings is 1. The number of halogens is 2. The third-order valence-corrected chi connectivity index (χ3v) is 3.92. The monoisotopic (exact) mass is 408 g/mol. The van der Waals surface area contributed by atoms with Crippen molar-refractivity contribution in [2.75, 3.05) is 0 Å². The van der Waals surface area contributed by atoms with Crippen molar-refractivity contribution in [2.45, 2.75) is 13.0 Å². The highest BCUT2D eigenvalue weighted by Gasteiger charge is 2.22. The van der Waals surface area contributed by atoms with E-state index >= 15 is 0 Å². The van der Waals surface area contributed by atoms with Crippen molar-refractivity contribution in [2.24, 2.45) is 0 Å². The predicted octanol–water partition coefficient (Wildman–Crippen LogP) is 4.26. The number of hydrogen-bond donors (Lipinski definition) is 0. The zero-order chi connectivity index (χ0) is 19.6. The van der Waals surface area contributed by atoms with Crippen molar-refractivity contribution in [3.8, 4) is 11.5 Å². The minimum Gasteiger partial charge on any atom is -0.448 e. The molecule has 0 radical (unpaired) electrons. The topological polar surface area (TPSA) is 121 Å². The molecule has 0 fully saturated rings. The van der Waals surface area contributed by atoms with Gasteiger partial charge in [0.25, 0.3) is 11.6 Å². The van der Waals surface area contributed by atoms with Crippen LogP contribution in [0.3, 0.4) is 0 Å². The SMILES string of the molecule is CC(OC(=O)c1nc(Cl)ccc1Cl)c1nnc(-c2ccc([N+](=O)[O-])cc2)o1. The van der Waals surface area contributed by atoms with Gasteiger partial charge >= 0.3 is 5.97 Å². The van der Waals surface area contributed by atoms with Crippen LogP contribution in [-0.2, 0) is 4.74 Å². The molecule has 0 saturated heterocycles. The second kappa shape index (κ2) is 7.68. The highest BCUT2D eigenvalue weighted by Crippen LogP contribution is 2.25. The van der Waals surface area contributed by atoms with E-state index in [-0.39, 0.29) is 33.3 Å². The molecule has 2 heterocycles. The molecule has 1 atom stereocenters. The highest BCUT2D eigenvalue weighted by molar-refractivity contribution is 6.34. The van der Waals surface area contributed by atoms with E-state index < -0.39 is 17.0 Å². The Morgan fingerprint density at radius 2 is 1.89 bits per heavy atom. The van der Waals surface area contributed by atoms with Crippen LogP contribution in [0.1, 0.15) is 29.4 Å². The van der Waals surface area contributed by atoms with Gasteiger partial charge in [-0.3, -0.25) is 10.1 Å². The number of carbonyl (C=O) groups is 1. The van der Waals surface area contributed by atoms with Gasteiger partial charge in [0.05, 0.1) is 9.95 Å². The first-order valence-electron chi connectivity index (χ1n) is 7.46. The van der Waals surface area contributed by atoms with Crippen LogP contribution in [-0.4, -0.2) is 26.1 Å². The van der Waals surface area contributed by atoms with E-state index in [1.165, 1.54) is 43.3 Å². The fraction of sp³-hybridized carbons (Fsp3) is 0.125. The number of nitro groups is 1. The third kappa shape index (κ3) is 4.21. The number of ether oxygens (including phenoxy) is 1. The predicted molar refractivity (Wildman–Crippen MR) is 94.5 cm³/mol. The molecule has 2 aromatic heterocycles. The highest BCUT2D eigenvalue weighted by atomic mass is 35.5. The molecule has 1 aromatic carbocycles. The van der Waals surface area contributed by atoms with E-state index in [1.807, 2.05) is 0 Å². The van der Waals surface area contributed by atoms with E-state index in [0.717, 1.165) is 0 Å². The number of benzene rings is 1. The first kappa shape index (κ1) is 18.7. The molecule has 1 unspecified atom stereocenters. The fourth-order valence-electron chi connectivity index (χ4n) is 2.07. The van der Waals surface area contributed by atoms with Crippen molar-refractivity contribution in [1.82, 2.24) is 15.2 Å². The number of hydrogen-bond acceptors (Lipinski definition) is 8. The lowest BCUT2D eigenvalue weighted by atomic mass is 10.2. The van der Waals surface area contributed by atoms with Gasteiger partial charge in [-0.15, -0.1) is 10.2 Å². The van der Waals surface area contributed by atoms with Gasteiger partial charge in [0.15, 0.2) is 11.8 Å². The summed E-state index contributed by atoms with van der Waals surface area (Å²) in [6.07, 6.45) is -0.881. The normalized spacial score (nSPS) is 11.8. The van der Waals surface area contributed by atoms with Crippen LogP contribution >= 0.6 is 23.2 Å². The third-order valence-electron chi connectivity index (χ3n) is 3.40. The van der Waals surface area contributed by atoms with Gasteiger partial charge < -0.3 is 9.15 Å². The van der Waals surface area contributed by atoms with Crippen LogP contribution in [0.15, 0.2) is 40.8 Å². The Kier molecular flexibility index (Phi) is 5.33. The van der Waals surface area contributed by atoms with Crippen LogP contribution in [0.5, 0.6) is 0 Å². The first-order valence-corrected chi connectivity index (χ1v) is 8.22. The standard InChI is InChI=1S/C16H10Cl2N4O5/c1-8(26-16(23)13-11(17)6-7-12(18)19-13)14-20-21-15(27-14)9-2-4-10(5-3-9)22(24)25/h2-8H,1H3. The van der Waals surface area contributed by atoms with Gasteiger partial charge in [0.1, 0.15) is 5.15 Å². The molecule has 0 N–H and O–H groups in total. The number of nitrogens with zero attached hydrogens (tertiary/aromatic N) is 4. The average molecular weight is 409 g/mol. The van der Waals surface area contributed by atoms with Crippen LogP contribution < -0.4 is 0 Å². The van der Waals surface area contributed by atoms with E-state index in [2.05, 4.69) is 15.2 Å². The molecular weight excluding hydrogens is 399 g/mol. The Hall–Kier alpha value is -3.04. The second-order valence-corrected chi connectivity index (χ2v) is 6.06. The molecule has 11 heteroatoms. The van der Waals surface area contributed by atoms with Crippen molar-refractivity contribution in [3.63, 3.8) is 0 Å². The van der Waals surface area contributed by atoms with Crippen LogP contribution in [0.2, 0.25) is 10.2 Å². The lowest BCUT2D eigenvalue weighted by Crippen LogP contribution is -2.12. The molecule has 0 saturated carbocycles. The van der Waals surface area contributed by atoms with Gasteiger partial charge in [-0.1, -0.05) is 23.2 Å². The van der Waals surface area contributed by atoms with E-state index in [4.69, 9.17) is 32.4 Å². The zero-order valence-corrected chi connectivity index (χ0v) is 15.1. The summed E-state index contributed by atoms with van der Waals surface area (Å²) in [6, 6.07) is 8.45. The minimum absolute atomic E-state index is 0.0369. The Bertz CT molecular complexity index is 1010. The summed E-state index contributed by atoms with van der Waals surface area (Å²) in [5.74, 6) is -0.637. The molecule has 27 heavy (non-hydrogen) atoms. The number of aromatic nitrogens is 3. The molecule has 0 spiro atoms. The van der Waals surface area contributed by atoms with Gasteiger partial charge in [0, 0.05) is 17.7 Å². The maximum atomic E-state index is 12.2. The Morgan fingerprint density at radius 3 is 2.56 bits per heavy atom. The quantitative estimate of drug-likeness (QED) is 0.265. The van der Waals surface area contributed by atoms with Crippen molar-refractivity contribution in [3.05, 3.63) is 68.3 Å². The number of esters is 1. The van der Waals surface area contributed by atoms with Crippen molar-refractivity contribution in [1.29, 1.82) is 0 Å². The molecule has 0 aliphatic carbocycles. The van der Waals surface area contributed by atoms with Crippen LogP contribution in [0.25, 0.3) is 11.5 Å². The maximum Gasteiger partial charge on any atom is 0.359 e. The summed E-state index contributed by atoms with van der Waals surface area (Å²) < 4.78 is 10.7. The molecule has 138 valence electrons. The summed E-state index contributed by atoms with van der Waals surface area (Å²) in [6.45, 7) is 1.53. The Balaban J connectivity index is 1.74. The molecule has 9 nitrogen and oxygen atoms in total. The molecule has 0 amide bonds. The lowest BCUT2D eigenvalue weighted by molar-refractivity contribution is -0.384. The average Bonchev–Trinajstić information content (AvgIpc) is 3.14. The fourth-order valence-corrected chi connectivity index (χ4v) is 2.40. The van der Waals surface area contributed by atoms with E-state index in [0.29, 0.717) is 5.56 Å². The van der Waals surface area contributed by atoms with Crippen molar-refractivity contribution >= 4 is 34.9 Å². The molecule has 3 aromatic rings. The van der Waals surface area contributed by atoms with Gasteiger partial charge in [-0.2, -0.15) is 0 Å². The maximum absolute atomic E-state index is 12.2. The Morgan fingerprint density at radius 1 is 1.19 bits per heavy atom. The van der Waals surface area contributed by atoms with E-state index in [1.54, 1.807) is 0 Å². The summed E-state index contributed by atoms with van der Waals surface area (Å²) >= 11 is 11.7. The molecule has 3 rings (SSSR count). The zero-order valence-electron chi connectivity index (χ0n) is 13.6. The molecular formula is C16H10Cl2N4O5. The van der Waals surface area contributed by atoms with Crippen molar-refractivity contribution < 1.29 is 18.9 Å². The Labute approximate surface area is 162 Å². The van der Waals surface area contributed by atoms with E-state index in [9.17, 15) is 14.9 Å². The summed E-state index contributed by atoms with van der Waals surface area (Å²) in [4.78, 5) is 26.2. The number of carbonyl (C=O) groups excluding carboxylic acids is 1. The largest absolute Gasteiger partial charge is 0.448 e. The van der Waals surface area contributed by atoms with Gasteiger partial charge in [-0.05, 0) is 31.2 Å². The number of nitro benzene ring substituents is 1. The smallest absolute Gasteiger partial charge is 0.359 e. The summed E-state index contributed by atoms with van der Waals surface area (Å²) in [7, 11) is 0. The molecule has 0 bridgehead atoms. The molecule has 0 aliphatic rings. The summed E-state index contributed by atoms with van der Waals surface area (Å²) in [5, 5.41) is 18.6. The summed E-state index contributed by atoms with van der Waals surface area (Å²) in [5.41, 5.74) is 0.287. The second-order valence-electron chi connectivity index (χ2n) is 5.26. The van der Waals surface area contributed by atoms with Gasteiger partial charge in [-0.25, -0.2) is 9.78 Å². The lowest BCUT2D eigenvalue weighted by Gasteiger charge is -2.09. The first-order chi connectivity index (χ1) is 12.8. The van der Waals surface area contributed by atoms with Gasteiger partial charge in [0.2, 0.25) is 5.89 Å².